The molecule has 0 aliphatic carbocycles. The molecule has 2 aromatic rings. The van der Waals surface area contributed by atoms with Gasteiger partial charge in [-0.15, -0.1) is 0 Å². The molecule has 1 aromatic carbocycles. The summed E-state index contributed by atoms with van der Waals surface area (Å²) in [6.45, 7) is 2.14. The Morgan fingerprint density at radius 1 is 1.31 bits per heavy atom. The highest BCUT2D eigenvalue weighted by atomic mass is 16.1. The van der Waals surface area contributed by atoms with Crippen LogP contribution in [-0.2, 0) is 13.5 Å². The molecule has 3 nitrogen and oxygen atoms in total. The van der Waals surface area contributed by atoms with Crippen LogP contribution in [0.4, 0.5) is 0 Å². The van der Waals surface area contributed by atoms with Crippen molar-refractivity contribution in [2.45, 2.75) is 26.2 Å². The van der Waals surface area contributed by atoms with E-state index in [0.717, 1.165) is 30.6 Å². The van der Waals surface area contributed by atoms with E-state index in [-0.39, 0.29) is 5.56 Å². The molecule has 0 spiro atoms. The van der Waals surface area contributed by atoms with Gasteiger partial charge in [0.25, 0.3) is 5.56 Å². The summed E-state index contributed by atoms with van der Waals surface area (Å²) in [4.78, 5) is 16.6. The summed E-state index contributed by atoms with van der Waals surface area (Å²) in [6.07, 6.45) is 3.05. The summed E-state index contributed by atoms with van der Waals surface area (Å²) in [6, 6.07) is 7.51. The standard InChI is InChI=1S/C13H16N2O/c1-3-4-9-12-14-11-8-6-5-7-10(11)13(16)15(12)2/h5-8H,3-4,9H2,1-2H3. The third-order valence-electron chi connectivity index (χ3n) is 2.83. The first kappa shape index (κ1) is 10.9. The lowest BCUT2D eigenvalue weighted by atomic mass is 10.2. The summed E-state index contributed by atoms with van der Waals surface area (Å²) in [5.41, 5.74) is 0.855. The average molecular weight is 216 g/mol. The predicted octanol–water partition coefficient (Wildman–Crippen LogP) is 2.28. The van der Waals surface area contributed by atoms with Gasteiger partial charge in [-0.25, -0.2) is 4.98 Å². The number of aryl methyl sites for hydroxylation is 1. The molecule has 0 atom stereocenters. The first-order chi connectivity index (χ1) is 7.74. The molecule has 0 aliphatic rings. The number of para-hydroxylation sites is 1. The highest BCUT2D eigenvalue weighted by Gasteiger charge is 2.06. The van der Waals surface area contributed by atoms with Crippen molar-refractivity contribution in [2.24, 2.45) is 7.05 Å². The molecule has 0 amide bonds. The summed E-state index contributed by atoms with van der Waals surface area (Å²) >= 11 is 0. The Balaban J connectivity index is 2.60. The topological polar surface area (TPSA) is 34.9 Å². The van der Waals surface area contributed by atoms with Crippen LogP contribution >= 0.6 is 0 Å². The van der Waals surface area contributed by atoms with Gasteiger partial charge in [-0.1, -0.05) is 25.5 Å². The fraction of sp³-hybridized carbons (Fsp3) is 0.385. The van der Waals surface area contributed by atoms with Crippen molar-refractivity contribution in [2.75, 3.05) is 0 Å². The van der Waals surface area contributed by atoms with Crippen LogP contribution in [0.1, 0.15) is 25.6 Å². The van der Waals surface area contributed by atoms with E-state index < -0.39 is 0 Å². The second-order valence-electron chi connectivity index (χ2n) is 4.01. The quantitative estimate of drug-likeness (QED) is 0.789. The molecule has 2 rings (SSSR count). The maximum atomic E-state index is 12.0. The van der Waals surface area contributed by atoms with Crippen molar-refractivity contribution in [1.82, 2.24) is 9.55 Å². The van der Waals surface area contributed by atoms with Gasteiger partial charge in [0.1, 0.15) is 5.82 Å². The van der Waals surface area contributed by atoms with Crippen LogP contribution in [0.3, 0.4) is 0 Å². The molecule has 84 valence electrons. The Labute approximate surface area is 94.7 Å². The molecule has 0 N–H and O–H groups in total. The zero-order valence-corrected chi connectivity index (χ0v) is 9.73. The van der Waals surface area contributed by atoms with Crippen LogP contribution in [0.5, 0.6) is 0 Å². The highest BCUT2D eigenvalue weighted by Crippen LogP contribution is 2.08. The summed E-state index contributed by atoms with van der Waals surface area (Å²) < 4.78 is 1.66. The first-order valence-corrected chi connectivity index (χ1v) is 5.68. The van der Waals surface area contributed by atoms with E-state index in [0.29, 0.717) is 5.39 Å². The number of benzene rings is 1. The van der Waals surface area contributed by atoms with E-state index in [1.54, 1.807) is 11.6 Å². The molecule has 1 heterocycles. The zero-order chi connectivity index (χ0) is 11.5. The van der Waals surface area contributed by atoms with E-state index in [4.69, 9.17) is 0 Å². The Kier molecular flexibility index (Phi) is 3.04. The average Bonchev–Trinajstić information content (AvgIpc) is 2.32. The van der Waals surface area contributed by atoms with E-state index in [1.807, 2.05) is 24.3 Å². The van der Waals surface area contributed by atoms with E-state index in [2.05, 4.69) is 11.9 Å². The molecule has 0 fully saturated rings. The number of rotatable bonds is 3. The number of fused-ring (bicyclic) bond motifs is 1. The number of unbranched alkanes of at least 4 members (excludes halogenated alkanes) is 1. The van der Waals surface area contributed by atoms with Gasteiger partial charge < -0.3 is 0 Å². The number of aromatic nitrogens is 2. The van der Waals surface area contributed by atoms with E-state index >= 15 is 0 Å². The molecule has 0 aliphatic heterocycles. The molecule has 1 aromatic heterocycles. The molecule has 16 heavy (non-hydrogen) atoms. The molecule has 3 heteroatoms. The Hall–Kier alpha value is -1.64. The number of nitrogens with zero attached hydrogens (tertiary/aromatic N) is 2. The number of hydrogen-bond donors (Lipinski definition) is 0. The van der Waals surface area contributed by atoms with Crippen LogP contribution in [-0.4, -0.2) is 9.55 Å². The maximum Gasteiger partial charge on any atom is 0.261 e. The van der Waals surface area contributed by atoms with Crippen molar-refractivity contribution in [1.29, 1.82) is 0 Å². The van der Waals surface area contributed by atoms with Crippen LogP contribution in [0, 0.1) is 0 Å². The molecule has 0 bridgehead atoms. The van der Waals surface area contributed by atoms with Gasteiger partial charge >= 0.3 is 0 Å². The van der Waals surface area contributed by atoms with Gasteiger partial charge in [-0.2, -0.15) is 0 Å². The van der Waals surface area contributed by atoms with E-state index in [1.165, 1.54) is 0 Å². The largest absolute Gasteiger partial charge is 0.299 e. The smallest absolute Gasteiger partial charge is 0.261 e. The Morgan fingerprint density at radius 2 is 2.06 bits per heavy atom. The third-order valence-corrected chi connectivity index (χ3v) is 2.83. The van der Waals surface area contributed by atoms with Crippen molar-refractivity contribution >= 4 is 10.9 Å². The second kappa shape index (κ2) is 4.47. The lowest BCUT2D eigenvalue weighted by Crippen LogP contribution is -2.22. The zero-order valence-electron chi connectivity index (χ0n) is 9.73. The van der Waals surface area contributed by atoms with Crippen molar-refractivity contribution < 1.29 is 0 Å². The highest BCUT2D eigenvalue weighted by molar-refractivity contribution is 5.77. The molecule has 0 radical (unpaired) electrons. The minimum absolute atomic E-state index is 0.0525. The molecule has 0 unspecified atom stereocenters. The molecule has 0 saturated heterocycles. The van der Waals surface area contributed by atoms with Crippen LogP contribution in [0.2, 0.25) is 0 Å². The predicted molar refractivity (Wildman–Crippen MR) is 65.6 cm³/mol. The minimum atomic E-state index is 0.0525. The van der Waals surface area contributed by atoms with Gasteiger partial charge in [0, 0.05) is 13.5 Å². The Bertz CT molecular complexity index is 557. The van der Waals surface area contributed by atoms with Crippen LogP contribution < -0.4 is 5.56 Å². The molecule has 0 saturated carbocycles. The maximum absolute atomic E-state index is 12.0. The van der Waals surface area contributed by atoms with Crippen molar-refractivity contribution in [3.63, 3.8) is 0 Å². The van der Waals surface area contributed by atoms with Gasteiger partial charge in [-0.05, 0) is 18.6 Å². The first-order valence-electron chi connectivity index (χ1n) is 5.68. The third kappa shape index (κ3) is 1.85. The molecular formula is C13H16N2O. The van der Waals surface area contributed by atoms with Crippen molar-refractivity contribution in [3.8, 4) is 0 Å². The van der Waals surface area contributed by atoms with E-state index in [9.17, 15) is 4.79 Å². The number of hydrogen-bond acceptors (Lipinski definition) is 2. The summed E-state index contributed by atoms with van der Waals surface area (Å²) in [5.74, 6) is 0.880. The van der Waals surface area contributed by atoms with Crippen LogP contribution in [0.15, 0.2) is 29.1 Å². The van der Waals surface area contributed by atoms with Gasteiger partial charge in [0.15, 0.2) is 0 Å². The minimum Gasteiger partial charge on any atom is -0.299 e. The summed E-state index contributed by atoms with van der Waals surface area (Å²) in [7, 11) is 1.80. The van der Waals surface area contributed by atoms with Crippen LogP contribution in [0.25, 0.3) is 10.9 Å². The lowest BCUT2D eigenvalue weighted by molar-refractivity contribution is 0.684. The fourth-order valence-electron chi connectivity index (χ4n) is 1.82. The fourth-order valence-corrected chi connectivity index (χ4v) is 1.82. The van der Waals surface area contributed by atoms with Gasteiger partial charge in [0.2, 0.25) is 0 Å². The summed E-state index contributed by atoms with van der Waals surface area (Å²) in [5, 5.41) is 0.699. The second-order valence-corrected chi connectivity index (χ2v) is 4.01. The van der Waals surface area contributed by atoms with Crippen molar-refractivity contribution in [3.05, 3.63) is 40.4 Å². The van der Waals surface area contributed by atoms with Gasteiger partial charge in [-0.3, -0.25) is 9.36 Å². The SMILES string of the molecule is CCCCc1nc2ccccc2c(=O)n1C. The van der Waals surface area contributed by atoms with Gasteiger partial charge in [0.05, 0.1) is 10.9 Å². The normalized spacial score (nSPS) is 10.9. The lowest BCUT2D eigenvalue weighted by Gasteiger charge is -2.08. The molecular weight excluding hydrogens is 200 g/mol. The monoisotopic (exact) mass is 216 g/mol. The Morgan fingerprint density at radius 3 is 2.81 bits per heavy atom.